The minimum Gasteiger partial charge on any atom is -0.330 e. The van der Waals surface area contributed by atoms with E-state index in [1.807, 2.05) is 30.3 Å². The van der Waals surface area contributed by atoms with Gasteiger partial charge in [0, 0.05) is 17.6 Å². The van der Waals surface area contributed by atoms with Crippen LogP contribution in [0.5, 0.6) is 0 Å². The molecule has 2 heterocycles. The average Bonchev–Trinajstić information content (AvgIpc) is 2.79. The van der Waals surface area contributed by atoms with Gasteiger partial charge in [-0.1, -0.05) is 35.3 Å². The fraction of sp³-hybridized carbons (Fsp3) is 0. The summed E-state index contributed by atoms with van der Waals surface area (Å²) in [5.41, 5.74) is 2.79. The first-order valence-electron chi connectivity index (χ1n) is 5.69. The van der Waals surface area contributed by atoms with Crippen LogP contribution in [0.1, 0.15) is 0 Å². The van der Waals surface area contributed by atoms with Gasteiger partial charge in [0.15, 0.2) is 15.1 Å². The van der Waals surface area contributed by atoms with E-state index in [0.717, 1.165) is 16.9 Å². The number of H-pyrrole nitrogens is 1. The van der Waals surface area contributed by atoms with E-state index in [1.165, 1.54) is 0 Å². The van der Waals surface area contributed by atoms with Crippen LogP contribution in [0.2, 0.25) is 10.3 Å². The molecule has 0 spiro atoms. The van der Waals surface area contributed by atoms with Crippen molar-refractivity contribution in [2.45, 2.75) is 0 Å². The Morgan fingerprint density at radius 3 is 2.40 bits per heavy atom. The van der Waals surface area contributed by atoms with Crippen molar-refractivity contribution in [2.75, 3.05) is 0 Å². The number of nitrogens with zero attached hydrogens (tertiary/aromatic N) is 3. The predicted molar refractivity (Wildman–Crippen MR) is 82.0 cm³/mol. The highest BCUT2D eigenvalue weighted by atomic mass is 35.5. The summed E-state index contributed by atoms with van der Waals surface area (Å²) in [4.78, 5) is 10.9. The summed E-state index contributed by atoms with van der Waals surface area (Å²) in [6.07, 6.45) is 3.26. The molecule has 1 N–H and O–H groups in total. The zero-order valence-corrected chi connectivity index (χ0v) is 12.4. The van der Waals surface area contributed by atoms with Gasteiger partial charge in [-0.25, -0.2) is 9.97 Å². The van der Waals surface area contributed by atoms with Crippen molar-refractivity contribution in [3.8, 4) is 16.9 Å². The van der Waals surface area contributed by atoms with Crippen LogP contribution in [-0.2, 0) is 0 Å². The average molecular weight is 323 g/mol. The van der Waals surface area contributed by atoms with Gasteiger partial charge in [0.2, 0.25) is 0 Å². The van der Waals surface area contributed by atoms with E-state index in [4.69, 9.17) is 35.4 Å². The second-order valence-corrected chi connectivity index (χ2v) is 5.13. The summed E-state index contributed by atoms with van der Waals surface area (Å²) in [6.45, 7) is 0. The molecule has 3 rings (SSSR count). The second kappa shape index (κ2) is 5.36. The molecule has 0 unspecified atom stereocenters. The van der Waals surface area contributed by atoms with Gasteiger partial charge in [0.05, 0.1) is 0 Å². The molecule has 0 saturated carbocycles. The van der Waals surface area contributed by atoms with Crippen molar-refractivity contribution < 1.29 is 0 Å². The Morgan fingerprint density at radius 2 is 1.80 bits per heavy atom. The van der Waals surface area contributed by atoms with E-state index in [9.17, 15) is 0 Å². The Morgan fingerprint density at radius 1 is 1.05 bits per heavy atom. The third-order valence-corrected chi connectivity index (χ3v) is 3.74. The quantitative estimate of drug-likeness (QED) is 0.715. The Bertz CT molecular complexity index is 808. The molecule has 100 valence electrons. The van der Waals surface area contributed by atoms with Crippen molar-refractivity contribution in [2.24, 2.45) is 0 Å². The van der Waals surface area contributed by atoms with E-state index >= 15 is 0 Å². The van der Waals surface area contributed by atoms with Gasteiger partial charge < -0.3 is 4.98 Å². The van der Waals surface area contributed by atoms with Crippen LogP contribution in [0.25, 0.3) is 16.9 Å². The first kappa shape index (κ1) is 13.3. The summed E-state index contributed by atoms with van der Waals surface area (Å²) in [5.74, 6) is 0. The molecule has 3 aromatic rings. The number of halogens is 2. The maximum absolute atomic E-state index is 6.06. The van der Waals surface area contributed by atoms with Crippen LogP contribution in [0.3, 0.4) is 0 Å². The van der Waals surface area contributed by atoms with Crippen molar-refractivity contribution in [1.29, 1.82) is 0 Å². The van der Waals surface area contributed by atoms with Crippen LogP contribution < -0.4 is 0 Å². The van der Waals surface area contributed by atoms with Gasteiger partial charge in [-0.05, 0) is 36.0 Å². The molecule has 2 aromatic heterocycles. The Balaban J connectivity index is 2.00. The minimum absolute atomic E-state index is 0.286. The molecule has 7 heteroatoms. The lowest BCUT2D eigenvalue weighted by molar-refractivity contribution is 1.06. The van der Waals surface area contributed by atoms with E-state index in [-0.39, 0.29) is 5.15 Å². The summed E-state index contributed by atoms with van der Waals surface area (Å²) in [5, 5.41) is 0.677. The molecule has 0 saturated heterocycles. The molecule has 20 heavy (non-hydrogen) atoms. The minimum atomic E-state index is 0.286. The number of imidazole rings is 1. The van der Waals surface area contributed by atoms with E-state index in [0.29, 0.717) is 9.92 Å². The van der Waals surface area contributed by atoms with E-state index in [2.05, 4.69) is 15.0 Å². The monoisotopic (exact) mass is 322 g/mol. The molecule has 0 aliphatic carbocycles. The van der Waals surface area contributed by atoms with Crippen LogP contribution in [0, 0.1) is 4.77 Å². The fourth-order valence-electron chi connectivity index (χ4n) is 1.83. The van der Waals surface area contributed by atoms with Crippen LogP contribution in [0.15, 0.2) is 42.9 Å². The lowest BCUT2D eigenvalue weighted by Gasteiger charge is -2.06. The van der Waals surface area contributed by atoms with Gasteiger partial charge in [-0.3, -0.25) is 4.57 Å². The molecule has 0 bridgehead atoms. The third-order valence-electron chi connectivity index (χ3n) is 2.80. The van der Waals surface area contributed by atoms with Gasteiger partial charge in [0.1, 0.15) is 6.33 Å². The standard InChI is InChI=1S/C13H8Cl2N4S/c14-11-12(15)19(7-17-11)9-3-1-8(2-4-9)10-5-6-16-13(20)18-10/h1-7H,(H,16,18,20). The second-order valence-electron chi connectivity index (χ2n) is 4.03. The number of aromatic amines is 1. The van der Waals surface area contributed by atoms with Gasteiger partial charge >= 0.3 is 0 Å². The molecule has 0 radical (unpaired) electrons. The molecule has 0 aliphatic rings. The number of nitrogens with one attached hydrogen (secondary N) is 1. The zero-order chi connectivity index (χ0) is 14.1. The van der Waals surface area contributed by atoms with E-state index < -0.39 is 0 Å². The largest absolute Gasteiger partial charge is 0.330 e. The van der Waals surface area contributed by atoms with Crippen molar-refractivity contribution in [3.05, 3.63) is 57.9 Å². The number of hydrogen-bond acceptors (Lipinski definition) is 3. The van der Waals surface area contributed by atoms with Crippen molar-refractivity contribution in [1.82, 2.24) is 19.5 Å². The molecule has 4 nitrogen and oxygen atoms in total. The zero-order valence-electron chi connectivity index (χ0n) is 10.0. The van der Waals surface area contributed by atoms with Gasteiger partial charge in [-0.2, -0.15) is 0 Å². The predicted octanol–water partition coefficient (Wildman–Crippen LogP) is 4.30. The smallest absolute Gasteiger partial charge is 0.197 e. The van der Waals surface area contributed by atoms with Crippen molar-refractivity contribution in [3.63, 3.8) is 0 Å². The molecule has 0 fully saturated rings. The Hall–Kier alpha value is -1.69. The Labute approximate surface area is 130 Å². The normalized spacial score (nSPS) is 10.7. The number of hydrogen-bond donors (Lipinski definition) is 1. The molecule has 0 atom stereocenters. The van der Waals surface area contributed by atoms with Gasteiger partial charge in [-0.15, -0.1) is 0 Å². The third kappa shape index (κ3) is 2.47. The summed E-state index contributed by atoms with van der Waals surface area (Å²) < 4.78 is 2.17. The number of benzene rings is 1. The lowest BCUT2D eigenvalue weighted by atomic mass is 10.1. The maximum Gasteiger partial charge on any atom is 0.197 e. The number of rotatable bonds is 2. The fourth-order valence-corrected chi connectivity index (χ4v) is 2.33. The molecule has 0 amide bonds. The topological polar surface area (TPSA) is 46.5 Å². The van der Waals surface area contributed by atoms with E-state index in [1.54, 1.807) is 17.1 Å². The van der Waals surface area contributed by atoms with Gasteiger partial charge in [0.25, 0.3) is 0 Å². The summed E-state index contributed by atoms with van der Waals surface area (Å²) in [6, 6.07) is 9.64. The Kier molecular flexibility index (Phi) is 3.56. The lowest BCUT2D eigenvalue weighted by Crippen LogP contribution is -1.92. The van der Waals surface area contributed by atoms with Crippen LogP contribution >= 0.6 is 35.4 Å². The van der Waals surface area contributed by atoms with Crippen molar-refractivity contribution >= 4 is 35.4 Å². The first-order chi connectivity index (χ1) is 9.65. The summed E-state index contributed by atoms with van der Waals surface area (Å²) in [7, 11) is 0. The SMILES string of the molecule is S=c1nccc(-c2ccc(-n3cnc(Cl)c3Cl)cc2)[nH]1. The summed E-state index contributed by atoms with van der Waals surface area (Å²) >= 11 is 16.9. The molecule has 0 aliphatic heterocycles. The number of aromatic nitrogens is 4. The first-order valence-corrected chi connectivity index (χ1v) is 6.86. The van der Waals surface area contributed by atoms with Crippen LogP contribution in [-0.4, -0.2) is 19.5 Å². The molecular formula is C13H8Cl2N4S. The van der Waals surface area contributed by atoms with Crippen LogP contribution in [0.4, 0.5) is 0 Å². The maximum atomic E-state index is 6.06. The molecule has 1 aromatic carbocycles. The highest BCUT2D eigenvalue weighted by molar-refractivity contribution is 7.71. The highest BCUT2D eigenvalue weighted by Gasteiger charge is 2.08. The molecular weight excluding hydrogens is 315 g/mol. The highest BCUT2D eigenvalue weighted by Crippen LogP contribution is 2.25.